The lowest BCUT2D eigenvalue weighted by atomic mass is 10.0. The number of nitrogens with zero attached hydrogens (tertiary/aromatic N) is 1. The van der Waals surface area contributed by atoms with Crippen LogP contribution in [-0.2, 0) is 4.79 Å². The van der Waals surface area contributed by atoms with Gasteiger partial charge in [0.15, 0.2) is 0 Å². The number of carbonyl (C=O) groups is 1. The summed E-state index contributed by atoms with van der Waals surface area (Å²) < 4.78 is 0. The van der Waals surface area contributed by atoms with Crippen LogP contribution in [0.5, 0.6) is 0 Å². The van der Waals surface area contributed by atoms with Gasteiger partial charge >= 0.3 is 0 Å². The zero-order valence-corrected chi connectivity index (χ0v) is 9.19. The number of primary amides is 1. The highest BCUT2D eigenvalue weighted by atomic mass is 16.1. The van der Waals surface area contributed by atoms with Crippen molar-refractivity contribution in [2.75, 3.05) is 19.6 Å². The molecule has 3 atom stereocenters. The van der Waals surface area contributed by atoms with Gasteiger partial charge in [-0.25, -0.2) is 0 Å². The number of likely N-dealkylation sites (tertiary alicyclic amines) is 1. The van der Waals surface area contributed by atoms with Crippen LogP contribution in [0, 0.1) is 11.8 Å². The lowest BCUT2D eigenvalue weighted by Gasteiger charge is -2.26. The van der Waals surface area contributed by atoms with Crippen LogP contribution in [0.2, 0.25) is 0 Å². The van der Waals surface area contributed by atoms with E-state index >= 15 is 0 Å². The molecule has 1 aliphatic heterocycles. The fraction of sp³-hybridized carbons (Fsp3) is 0.909. The Morgan fingerprint density at radius 1 is 1.33 bits per heavy atom. The smallest absolute Gasteiger partial charge is 0.219 e. The molecule has 2 aliphatic rings. The quantitative estimate of drug-likeness (QED) is 0.683. The van der Waals surface area contributed by atoms with E-state index in [1.165, 1.54) is 19.3 Å². The van der Waals surface area contributed by atoms with Gasteiger partial charge in [0.25, 0.3) is 0 Å². The number of rotatable bonds is 4. The number of hydrogen-bond acceptors (Lipinski definition) is 3. The first-order chi connectivity index (χ1) is 7.20. The predicted octanol–water partition coefficient (Wildman–Crippen LogP) is -0.0790. The Kier molecular flexibility index (Phi) is 3.26. The molecule has 1 heterocycles. The Hall–Kier alpha value is -0.610. The van der Waals surface area contributed by atoms with Crippen LogP contribution in [0.4, 0.5) is 0 Å². The van der Waals surface area contributed by atoms with E-state index in [0.29, 0.717) is 13.0 Å². The van der Waals surface area contributed by atoms with Gasteiger partial charge in [-0.15, -0.1) is 0 Å². The summed E-state index contributed by atoms with van der Waals surface area (Å²) in [4.78, 5) is 13.3. The zero-order chi connectivity index (χ0) is 10.8. The van der Waals surface area contributed by atoms with Crippen molar-refractivity contribution in [3.63, 3.8) is 0 Å². The van der Waals surface area contributed by atoms with Crippen molar-refractivity contribution in [1.29, 1.82) is 0 Å². The summed E-state index contributed by atoms with van der Waals surface area (Å²) in [7, 11) is 0. The van der Waals surface area contributed by atoms with E-state index in [0.717, 1.165) is 24.9 Å². The van der Waals surface area contributed by atoms with Crippen LogP contribution < -0.4 is 11.5 Å². The monoisotopic (exact) mass is 211 g/mol. The Morgan fingerprint density at radius 2 is 1.93 bits per heavy atom. The molecule has 4 nitrogen and oxygen atoms in total. The first-order valence-corrected chi connectivity index (χ1v) is 5.93. The second kappa shape index (κ2) is 4.49. The molecule has 0 radical (unpaired) electrons. The van der Waals surface area contributed by atoms with Crippen molar-refractivity contribution in [1.82, 2.24) is 4.90 Å². The molecule has 4 N–H and O–H groups in total. The Morgan fingerprint density at radius 3 is 2.40 bits per heavy atom. The van der Waals surface area contributed by atoms with Crippen LogP contribution in [0.15, 0.2) is 0 Å². The molecule has 0 aromatic rings. The van der Waals surface area contributed by atoms with Crippen molar-refractivity contribution in [3.8, 4) is 0 Å². The number of fused-ring (bicyclic) bond motifs is 1. The molecule has 0 aromatic carbocycles. The largest absolute Gasteiger partial charge is 0.370 e. The van der Waals surface area contributed by atoms with Gasteiger partial charge in [-0.3, -0.25) is 9.69 Å². The average Bonchev–Trinajstić information content (AvgIpc) is 2.72. The highest BCUT2D eigenvalue weighted by molar-refractivity contribution is 5.74. The average molecular weight is 211 g/mol. The van der Waals surface area contributed by atoms with Gasteiger partial charge in [0.1, 0.15) is 0 Å². The number of nitrogens with two attached hydrogens (primary N) is 2. The van der Waals surface area contributed by atoms with Crippen molar-refractivity contribution >= 4 is 5.91 Å². The topological polar surface area (TPSA) is 72.3 Å². The molecular formula is C11H21N3O. The first kappa shape index (κ1) is 10.9. The van der Waals surface area contributed by atoms with Gasteiger partial charge in [-0.1, -0.05) is 6.42 Å². The zero-order valence-electron chi connectivity index (χ0n) is 9.19. The minimum Gasteiger partial charge on any atom is -0.370 e. The van der Waals surface area contributed by atoms with Gasteiger partial charge < -0.3 is 11.5 Å². The third-order valence-corrected chi connectivity index (χ3v) is 3.98. The summed E-state index contributed by atoms with van der Waals surface area (Å²) in [5.41, 5.74) is 10.9. The van der Waals surface area contributed by atoms with Gasteiger partial charge in [0.05, 0.1) is 0 Å². The van der Waals surface area contributed by atoms with Crippen molar-refractivity contribution in [2.45, 2.75) is 31.7 Å². The third-order valence-electron chi connectivity index (χ3n) is 3.98. The van der Waals surface area contributed by atoms with Gasteiger partial charge in [0, 0.05) is 32.1 Å². The molecular weight excluding hydrogens is 190 g/mol. The van der Waals surface area contributed by atoms with Gasteiger partial charge in [0.2, 0.25) is 5.91 Å². The summed E-state index contributed by atoms with van der Waals surface area (Å²) in [5.74, 6) is 1.47. The second-order valence-electron chi connectivity index (χ2n) is 4.96. The van der Waals surface area contributed by atoms with Gasteiger partial charge in [-0.05, 0) is 24.7 Å². The molecule has 86 valence electrons. The van der Waals surface area contributed by atoms with Crippen molar-refractivity contribution in [3.05, 3.63) is 0 Å². The maximum absolute atomic E-state index is 10.9. The van der Waals surface area contributed by atoms with E-state index in [4.69, 9.17) is 11.5 Å². The molecule has 0 bridgehead atoms. The van der Waals surface area contributed by atoms with E-state index in [1.807, 2.05) is 0 Å². The Labute approximate surface area is 91.0 Å². The molecule has 1 aliphatic carbocycles. The Balaban J connectivity index is 1.90. The summed E-state index contributed by atoms with van der Waals surface area (Å²) >= 11 is 0. The minimum atomic E-state index is -0.234. The molecule has 2 fully saturated rings. The number of carbonyl (C=O) groups excluding carboxylic acids is 1. The molecule has 4 heteroatoms. The normalized spacial score (nSPS) is 32.9. The van der Waals surface area contributed by atoms with E-state index in [-0.39, 0.29) is 11.9 Å². The lowest BCUT2D eigenvalue weighted by molar-refractivity contribution is -0.119. The Bertz CT molecular complexity index is 232. The maximum Gasteiger partial charge on any atom is 0.219 e. The summed E-state index contributed by atoms with van der Waals surface area (Å²) in [6, 6.07) is 0.174. The van der Waals surface area contributed by atoms with Crippen LogP contribution in [0.3, 0.4) is 0 Å². The molecule has 1 amide bonds. The van der Waals surface area contributed by atoms with Crippen molar-refractivity contribution < 1.29 is 4.79 Å². The van der Waals surface area contributed by atoms with Crippen molar-refractivity contribution in [2.24, 2.45) is 23.3 Å². The molecule has 0 spiro atoms. The highest BCUT2D eigenvalue weighted by Crippen LogP contribution is 2.38. The molecule has 2 rings (SSSR count). The maximum atomic E-state index is 10.9. The van der Waals surface area contributed by atoms with Crippen LogP contribution in [0.25, 0.3) is 0 Å². The predicted molar refractivity (Wildman–Crippen MR) is 59.1 cm³/mol. The molecule has 0 aromatic heterocycles. The van der Waals surface area contributed by atoms with Gasteiger partial charge in [-0.2, -0.15) is 0 Å². The summed E-state index contributed by atoms with van der Waals surface area (Å²) in [5, 5.41) is 0. The third kappa shape index (κ3) is 2.32. The van der Waals surface area contributed by atoms with E-state index in [9.17, 15) is 4.79 Å². The molecule has 15 heavy (non-hydrogen) atoms. The minimum absolute atomic E-state index is 0.174. The SMILES string of the molecule is NCC(CC(N)=O)N1CC2CCCC2C1. The first-order valence-electron chi connectivity index (χ1n) is 5.93. The van der Waals surface area contributed by atoms with Crippen LogP contribution in [0.1, 0.15) is 25.7 Å². The standard InChI is InChI=1S/C11H21N3O/c12-5-10(4-11(13)15)14-6-8-2-1-3-9(8)7-14/h8-10H,1-7,12H2,(H2,13,15). The molecule has 3 unspecified atom stereocenters. The van der Waals surface area contributed by atoms with E-state index in [1.54, 1.807) is 0 Å². The van der Waals surface area contributed by atoms with Crippen LogP contribution in [-0.4, -0.2) is 36.5 Å². The number of amides is 1. The van der Waals surface area contributed by atoms with E-state index < -0.39 is 0 Å². The van der Waals surface area contributed by atoms with E-state index in [2.05, 4.69) is 4.90 Å². The summed E-state index contributed by atoms with van der Waals surface area (Å²) in [6.07, 6.45) is 4.51. The molecule has 1 saturated carbocycles. The fourth-order valence-corrected chi connectivity index (χ4v) is 3.16. The second-order valence-corrected chi connectivity index (χ2v) is 4.96. The highest BCUT2D eigenvalue weighted by Gasteiger charge is 2.38. The fourth-order valence-electron chi connectivity index (χ4n) is 3.16. The summed E-state index contributed by atoms with van der Waals surface area (Å²) in [6.45, 7) is 2.79. The number of hydrogen-bond donors (Lipinski definition) is 2. The molecule has 1 saturated heterocycles. The lowest BCUT2D eigenvalue weighted by Crippen LogP contribution is -2.42. The van der Waals surface area contributed by atoms with Crippen LogP contribution >= 0.6 is 0 Å².